The molecule has 33 heavy (non-hydrogen) atoms. The first-order chi connectivity index (χ1) is 15.5. The van der Waals surface area contributed by atoms with Crippen molar-refractivity contribution in [2.75, 3.05) is 4.90 Å². The minimum absolute atomic E-state index is 0.116. The Bertz CT molecular complexity index is 1290. The zero-order valence-electron chi connectivity index (χ0n) is 17.4. The van der Waals surface area contributed by atoms with E-state index < -0.39 is 49.8 Å². The number of rotatable bonds is 6. The predicted octanol–water partition coefficient (Wildman–Crippen LogP) is 1.74. The average Bonchev–Trinajstić information content (AvgIpc) is 3.36. The van der Waals surface area contributed by atoms with E-state index in [1.165, 1.54) is 24.3 Å². The van der Waals surface area contributed by atoms with Crippen LogP contribution in [0.5, 0.6) is 0 Å². The van der Waals surface area contributed by atoms with Gasteiger partial charge in [-0.05, 0) is 61.4 Å². The van der Waals surface area contributed by atoms with Crippen LogP contribution in [0.15, 0.2) is 58.3 Å². The van der Waals surface area contributed by atoms with Gasteiger partial charge < -0.3 is 0 Å². The van der Waals surface area contributed by atoms with E-state index in [0.29, 0.717) is 12.8 Å². The molecule has 1 aliphatic carbocycles. The molecule has 2 fully saturated rings. The highest BCUT2D eigenvalue weighted by atomic mass is 32.2. The highest BCUT2D eigenvalue weighted by Crippen LogP contribution is 2.35. The van der Waals surface area contributed by atoms with Crippen molar-refractivity contribution in [2.24, 2.45) is 5.14 Å². The fourth-order valence-corrected chi connectivity index (χ4v) is 6.72. The van der Waals surface area contributed by atoms with Crippen molar-refractivity contribution in [1.29, 1.82) is 0 Å². The first-order valence-corrected chi connectivity index (χ1v) is 13.3. The monoisotopic (exact) mass is 495 g/mol. The Kier molecular flexibility index (Phi) is 6.12. The van der Waals surface area contributed by atoms with Gasteiger partial charge in [0.25, 0.3) is 5.91 Å². The molecule has 1 aliphatic heterocycles. The van der Waals surface area contributed by atoms with E-state index in [1.807, 2.05) is 0 Å². The first-order valence-electron chi connectivity index (χ1n) is 10.3. The topological polar surface area (TPSA) is 135 Å². The third-order valence-corrected chi connectivity index (χ3v) is 8.83. The minimum Gasteiger partial charge on any atom is -0.274 e. The van der Waals surface area contributed by atoms with E-state index in [-0.39, 0.29) is 21.9 Å². The van der Waals surface area contributed by atoms with Crippen molar-refractivity contribution in [3.05, 3.63) is 54.3 Å². The van der Waals surface area contributed by atoms with Gasteiger partial charge in [-0.1, -0.05) is 12.8 Å². The van der Waals surface area contributed by atoms with Crippen LogP contribution in [0, 0.1) is 5.82 Å². The van der Waals surface area contributed by atoms with Gasteiger partial charge in [-0.3, -0.25) is 9.59 Å². The van der Waals surface area contributed by atoms with Crippen molar-refractivity contribution < 1.29 is 30.8 Å². The molecule has 1 atom stereocenters. The maximum atomic E-state index is 13.5. The number of nitrogens with zero attached hydrogens (tertiary/aromatic N) is 2. The van der Waals surface area contributed by atoms with Crippen molar-refractivity contribution in [3.63, 3.8) is 0 Å². The molecule has 0 bridgehead atoms. The fourth-order valence-electron chi connectivity index (χ4n) is 4.38. The summed E-state index contributed by atoms with van der Waals surface area (Å²) in [7, 11) is -8.16. The number of sulfonamides is 2. The number of benzene rings is 2. The molecule has 4 rings (SSSR count). The molecule has 176 valence electrons. The fraction of sp³-hybridized carbons (Fsp3) is 0.333. The summed E-state index contributed by atoms with van der Waals surface area (Å²) in [6, 6.07) is 7.49. The van der Waals surface area contributed by atoms with Crippen LogP contribution in [0.25, 0.3) is 0 Å². The van der Waals surface area contributed by atoms with E-state index in [4.69, 9.17) is 5.14 Å². The smallest absolute Gasteiger partial charge is 0.252 e. The van der Waals surface area contributed by atoms with Gasteiger partial charge in [-0.25, -0.2) is 31.3 Å². The lowest BCUT2D eigenvalue weighted by atomic mass is 10.2. The molecule has 2 aliphatic rings. The molecule has 0 radical (unpaired) electrons. The number of imide groups is 1. The summed E-state index contributed by atoms with van der Waals surface area (Å²) in [5.74, 6) is -1.92. The van der Waals surface area contributed by atoms with E-state index in [2.05, 4.69) is 0 Å². The van der Waals surface area contributed by atoms with Gasteiger partial charge in [0.1, 0.15) is 11.9 Å². The van der Waals surface area contributed by atoms with Crippen molar-refractivity contribution >= 4 is 37.5 Å². The Morgan fingerprint density at radius 1 is 0.879 bits per heavy atom. The zero-order valence-corrected chi connectivity index (χ0v) is 19.1. The summed E-state index contributed by atoms with van der Waals surface area (Å²) < 4.78 is 64.5. The number of amides is 2. The molecule has 1 unspecified atom stereocenters. The second kappa shape index (κ2) is 8.60. The number of hydrogen-bond donors (Lipinski definition) is 1. The van der Waals surface area contributed by atoms with Gasteiger partial charge in [0.15, 0.2) is 0 Å². The van der Waals surface area contributed by atoms with Crippen LogP contribution in [0.4, 0.5) is 10.1 Å². The van der Waals surface area contributed by atoms with Crippen LogP contribution in [0.1, 0.15) is 32.1 Å². The lowest BCUT2D eigenvalue weighted by molar-refractivity contribution is -0.122. The van der Waals surface area contributed by atoms with Gasteiger partial charge in [-0.15, -0.1) is 0 Å². The van der Waals surface area contributed by atoms with Crippen molar-refractivity contribution in [1.82, 2.24) is 4.31 Å². The number of nitrogens with two attached hydrogens (primary N) is 1. The van der Waals surface area contributed by atoms with Gasteiger partial charge >= 0.3 is 0 Å². The second-order valence-corrected chi connectivity index (χ2v) is 11.5. The average molecular weight is 496 g/mol. The van der Waals surface area contributed by atoms with Crippen LogP contribution in [-0.2, 0) is 29.6 Å². The lowest BCUT2D eigenvalue weighted by Crippen LogP contribution is -2.49. The first kappa shape index (κ1) is 23.5. The second-order valence-electron chi connectivity index (χ2n) is 8.05. The van der Waals surface area contributed by atoms with Crippen LogP contribution in [0.3, 0.4) is 0 Å². The summed E-state index contributed by atoms with van der Waals surface area (Å²) in [5, 5.41) is 5.09. The molecule has 2 aromatic carbocycles. The van der Waals surface area contributed by atoms with Crippen molar-refractivity contribution in [3.8, 4) is 0 Å². The summed E-state index contributed by atoms with van der Waals surface area (Å²) in [6.07, 6.45) is 2.30. The Hall–Kier alpha value is -2.67. The van der Waals surface area contributed by atoms with Gasteiger partial charge in [0.05, 0.1) is 21.9 Å². The van der Waals surface area contributed by atoms with E-state index >= 15 is 0 Å². The number of halogens is 1. The van der Waals surface area contributed by atoms with Crippen molar-refractivity contribution in [2.45, 2.75) is 54.0 Å². The number of carbonyl (C=O) groups excluding carboxylic acids is 2. The zero-order chi connectivity index (χ0) is 24.0. The molecule has 2 aromatic rings. The SMILES string of the molecule is NS(=O)(=O)c1ccc(N2C(=O)CC(N(C3CCCC3)S(=O)(=O)c3ccc(F)cc3)C2=O)cc1. The molecule has 1 heterocycles. The summed E-state index contributed by atoms with van der Waals surface area (Å²) in [4.78, 5) is 26.6. The quantitative estimate of drug-likeness (QED) is 0.607. The normalized spacial score (nSPS) is 20.2. The molecule has 9 nitrogen and oxygen atoms in total. The van der Waals surface area contributed by atoms with Gasteiger partial charge in [0.2, 0.25) is 26.0 Å². The number of anilines is 1. The molecule has 2 amide bonds. The molecule has 2 N–H and O–H groups in total. The number of hydrogen-bond acceptors (Lipinski definition) is 6. The Labute approximate surface area is 191 Å². The van der Waals surface area contributed by atoms with Gasteiger partial charge in [-0.2, -0.15) is 4.31 Å². The third-order valence-electron chi connectivity index (χ3n) is 5.93. The minimum atomic E-state index is -4.20. The Balaban J connectivity index is 1.71. The van der Waals surface area contributed by atoms with Crippen LogP contribution in [0.2, 0.25) is 0 Å². The van der Waals surface area contributed by atoms with E-state index in [1.54, 1.807) is 0 Å². The molecule has 1 saturated heterocycles. The molecule has 1 saturated carbocycles. The largest absolute Gasteiger partial charge is 0.274 e. The summed E-state index contributed by atoms with van der Waals surface area (Å²) >= 11 is 0. The summed E-state index contributed by atoms with van der Waals surface area (Å²) in [5.41, 5.74) is 0.116. The highest BCUT2D eigenvalue weighted by Gasteiger charge is 2.49. The summed E-state index contributed by atoms with van der Waals surface area (Å²) in [6.45, 7) is 0. The standard InChI is InChI=1S/C21H22FN3O6S2/c22-14-5-9-18(10-6-14)33(30,31)25(16-3-1-2-4-16)19-13-20(26)24(21(19)27)15-7-11-17(12-8-15)32(23,28)29/h5-12,16,19H,1-4,13H2,(H2,23,28,29). The molecule has 0 spiro atoms. The van der Waals surface area contributed by atoms with E-state index in [9.17, 15) is 30.8 Å². The number of primary sulfonamides is 1. The predicted molar refractivity (Wildman–Crippen MR) is 116 cm³/mol. The Morgan fingerprint density at radius 3 is 1.97 bits per heavy atom. The highest BCUT2D eigenvalue weighted by molar-refractivity contribution is 7.89. The molecule has 0 aromatic heterocycles. The third kappa shape index (κ3) is 4.43. The number of carbonyl (C=O) groups is 2. The van der Waals surface area contributed by atoms with Crippen LogP contribution < -0.4 is 10.0 Å². The van der Waals surface area contributed by atoms with Crippen LogP contribution in [-0.4, -0.2) is 45.0 Å². The molecular formula is C21H22FN3O6S2. The van der Waals surface area contributed by atoms with Gasteiger partial charge in [0, 0.05) is 6.04 Å². The van der Waals surface area contributed by atoms with E-state index in [0.717, 1.165) is 46.3 Å². The maximum Gasteiger partial charge on any atom is 0.252 e. The van der Waals surface area contributed by atoms with Crippen LogP contribution >= 0.6 is 0 Å². The maximum absolute atomic E-state index is 13.5. The lowest BCUT2D eigenvalue weighted by Gasteiger charge is -2.32. The molecule has 12 heteroatoms. The molecular weight excluding hydrogens is 473 g/mol. The Morgan fingerprint density at radius 2 is 1.42 bits per heavy atom.